The number of carbonyl (C=O) groups is 1. The predicted molar refractivity (Wildman–Crippen MR) is 55.2 cm³/mol. The van der Waals surface area contributed by atoms with Crippen LogP contribution in [0.25, 0.3) is 0 Å². The Labute approximate surface area is 88.4 Å². The molecule has 0 heterocycles. The van der Waals surface area contributed by atoms with Gasteiger partial charge in [-0.1, -0.05) is 12.1 Å². The number of hydrogen-bond acceptors (Lipinski definition) is 3. The summed E-state index contributed by atoms with van der Waals surface area (Å²) in [5, 5.41) is 17.5. The summed E-state index contributed by atoms with van der Waals surface area (Å²) in [5.41, 5.74) is 0.725. The molecule has 0 saturated carbocycles. The van der Waals surface area contributed by atoms with Crippen LogP contribution in [0.2, 0.25) is 0 Å². The third-order valence-corrected chi connectivity index (χ3v) is 2.06. The first-order chi connectivity index (χ1) is 7.20. The summed E-state index contributed by atoms with van der Waals surface area (Å²) in [6, 6.07) is 8.59. The molecule has 0 bridgehead atoms. The van der Waals surface area contributed by atoms with Crippen molar-refractivity contribution in [1.82, 2.24) is 4.90 Å². The van der Waals surface area contributed by atoms with Crippen LogP contribution in [0.5, 0.6) is 0 Å². The highest BCUT2D eigenvalue weighted by Crippen LogP contribution is 2.09. The van der Waals surface area contributed by atoms with Crippen LogP contribution in [0.1, 0.15) is 15.9 Å². The predicted octanol–water partition coefficient (Wildman–Crippen LogP) is 0.623. The largest absolute Gasteiger partial charge is 0.395 e. The number of aliphatic hydroxyl groups is 1. The highest BCUT2D eigenvalue weighted by atomic mass is 16.3. The van der Waals surface area contributed by atoms with Crippen LogP contribution in [0.15, 0.2) is 24.3 Å². The third kappa shape index (κ3) is 2.55. The molecule has 0 unspecified atom stereocenters. The SMILES string of the molecule is CN(CCO)C(=O)c1ccccc1C#N. The third-order valence-electron chi connectivity index (χ3n) is 2.06. The number of nitrogens with zero attached hydrogens (tertiary/aromatic N) is 2. The second kappa shape index (κ2) is 5.13. The molecule has 0 radical (unpaired) electrons. The van der Waals surface area contributed by atoms with Crippen LogP contribution in [-0.4, -0.2) is 36.1 Å². The number of carbonyl (C=O) groups excluding carboxylic acids is 1. The van der Waals surface area contributed by atoms with Crippen molar-refractivity contribution in [2.45, 2.75) is 0 Å². The number of likely N-dealkylation sites (N-methyl/N-ethyl adjacent to an activating group) is 1. The van der Waals surface area contributed by atoms with E-state index in [1.165, 1.54) is 4.90 Å². The first-order valence-corrected chi connectivity index (χ1v) is 4.56. The lowest BCUT2D eigenvalue weighted by atomic mass is 10.1. The van der Waals surface area contributed by atoms with Gasteiger partial charge in [0.05, 0.1) is 23.8 Å². The Morgan fingerprint density at radius 1 is 1.53 bits per heavy atom. The van der Waals surface area contributed by atoms with E-state index in [0.717, 1.165) is 0 Å². The fourth-order valence-electron chi connectivity index (χ4n) is 1.22. The highest BCUT2D eigenvalue weighted by Gasteiger charge is 2.14. The van der Waals surface area contributed by atoms with Gasteiger partial charge in [-0.2, -0.15) is 5.26 Å². The van der Waals surface area contributed by atoms with E-state index in [2.05, 4.69) is 0 Å². The summed E-state index contributed by atoms with van der Waals surface area (Å²) >= 11 is 0. The Balaban J connectivity index is 2.96. The van der Waals surface area contributed by atoms with E-state index in [4.69, 9.17) is 10.4 Å². The lowest BCUT2D eigenvalue weighted by molar-refractivity contribution is 0.0766. The topological polar surface area (TPSA) is 64.3 Å². The van der Waals surface area contributed by atoms with E-state index in [1.54, 1.807) is 31.3 Å². The molecule has 0 fully saturated rings. The van der Waals surface area contributed by atoms with E-state index in [-0.39, 0.29) is 19.1 Å². The van der Waals surface area contributed by atoms with Crippen molar-refractivity contribution in [2.75, 3.05) is 20.2 Å². The van der Waals surface area contributed by atoms with E-state index in [0.29, 0.717) is 11.1 Å². The molecule has 0 aliphatic rings. The minimum absolute atomic E-state index is 0.0863. The van der Waals surface area contributed by atoms with Gasteiger partial charge in [-0.25, -0.2) is 0 Å². The van der Waals surface area contributed by atoms with Crippen molar-refractivity contribution < 1.29 is 9.90 Å². The van der Waals surface area contributed by atoms with Crippen LogP contribution in [0, 0.1) is 11.3 Å². The van der Waals surface area contributed by atoms with Crippen LogP contribution in [0.4, 0.5) is 0 Å². The lowest BCUT2D eigenvalue weighted by Gasteiger charge is -2.16. The number of aliphatic hydroxyl groups excluding tert-OH is 1. The van der Waals surface area contributed by atoms with Crippen molar-refractivity contribution in [3.05, 3.63) is 35.4 Å². The second-order valence-electron chi connectivity index (χ2n) is 3.11. The van der Waals surface area contributed by atoms with Crippen molar-refractivity contribution in [3.8, 4) is 6.07 Å². The standard InChI is InChI=1S/C11H12N2O2/c1-13(6-7-14)11(15)10-5-3-2-4-9(10)8-12/h2-5,14H,6-7H2,1H3. The molecule has 0 aliphatic heterocycles. The summed E-state index contributed by atoms with van der Waals surface area (Å²) in [6.07, 6.45) is 0. The summed E-state index contributed by atoms with van der Waals surface area (Å²) in [5.74, 6) is -0.249. The zero-order valence-corrected chi connectivity index (χ0v) is 8.47. The molecule has 4 nitrogen and oxygen atoms in total. The summed E-state index contributed by atoms with van der Waals surface area (Å²) in [6.45, 7) is 0.176. The van der Waals surface area contributed by atoms with Crippen LogP contribution >= 0.6 is 0 Å². The molecule has 0 atom stereocenters. The number of benzene rings is 1. The van der Waals surface area contributed by atoms with Crippen molar-refractivity contribution in [1.29, 1.82) is 5.26 Å². The molecule has 1 aromatic rings. The maximum Gasteiger partial charge on any atom is 0.255 e. The van der Waals surface area contributed by atoms with Crippen LogP contribution < -0.4 is 0 Å². The van der Waals surface area contributed by atoms with Crippen LogP contribution in [-0.2, 0) is 0 Å². The molecule has 15 heavy (non-hydrogen) atoms. The minimum Gasteiger partial charge on any atom is -0.395 e. The van der Waals surface area contributed by atoms with Crippen molar-refractivity contribution in [2.24, 2.45) is 0 Å². The van der Waals surface area contributed by atoms with Gasteiger partial charge in [-0.05, 0) is 12.1 Å². The molecular weight excluding hydrogens is 192 g/mol. The molecule has 1 aromatic carbocycles. The summed E-state index contributed by atoms with van der Waals surface area (Å²) in [4.78, 5) is 13.2. The quantitative estimate of drug-likeness (QED) is 0.785. The number of hydrogen-bond donors (Lipinski definition) is 1. The highest BCUT2D eigenvalue weighted by molar-refractivity contribution is 5.96. The Morgan fingerprint density at radius 2 is 2.20 bits per heavy atom. The van der Waals surface area contributed by atoms with E-state index >= 15 is 0 Å². The first kappa shape index (κ1) is 11.2. The molecule has 1 rings (SSSR count). The molecule has 1 N–H and O–H groups in total. The maximum absolute atomic E-state index is 11.8. The van der Waals surface area contributed by atoms with Crippen molar-refractivity contribution in [3.63, 3.8) is 0 Å². The Bertz CT molecular complexity index is 396. The average Bonchev–Trinajstić information content (AvgIpc) is 2.28. The summed E-state index contributed by atoms with van der Waals surface area (Å²) in [7, 11) is 1.59. The van der Waals surface area contributed by atoms with Gasteiger partial charge >= 0.3 is 0 Å². The first-order valence-electron chi connectivity index (χ1n) is 4.56. The second-order valence-corrected chi connectivity index (χ2v) is 3.11. The maximum atomic E-state index is 11.8. The molecule has 78 valence electrons. The number of amides is 1. The fraction of sp³-hybridized carbons (Fsp3) is 0.273. The zero-order chi connectivity index (χ0) is 11.3. The Hall–Kier alpha value is -1.86. The molecule has 4 heteroatoms. The minimum atomic E-state index is -0.249. The Morgan fingerprint density at radius 3 is 2.80 bits per heavy atom. The molecule has 0 saturated heterocycles. The molecule has 1 amide bonds. The average molecular weight is 204 g/mol. The molecular formula is C11H12N2O2. The molecule has 0 spiro atoms. The van der Waals surface area contributed by atoms with E-state index in [9.17, 15) is 4.79 Å². The van der Waals surface area contributed by atoms with Gasteiger partial charge in [0.15, 0.2) is 0 Å². The number of nitriles is 1. The van der Waals surface area contributed by atoms with Gasteiger partial charge in [0.25, 0.3) is 5.91 Å². The normalized spacial score (nSPS) is 9.40. The van der Waals surface area contributed by atoms with Gasteiger partial charge < -0.3 is 10.0 Å². The molecule has 0 aromatic heterocycles. The van der Waals surface area contributed by atoms with Gasteiger partial charge in [-0.3, -0.25) is 4.79 Å². The van der Waals surface area contributed by atoms with Gasteiger partial charge in [0, 0.05) is 13.6 Å². The lowest BCUT2D eigenvalue weighted by Crippen LogP contribution is -2.30. The van der Waals surface area contributed by atoms with Crippen molar-refractivity contribution >= 4 is 5.91 Å². The summed E-state index contributed by atoms with van der Waals surface area (Å²) < 4.78 is 0. The fourth-order valence-corrected chi connectivity index (χ4v) is 1.22. The molecule has 0 aliphatic carbocycles. The number of rotatable bonds is 3. The van der Waals surface area contributed by atoms with Gasteiger partial charge in [0.2, 0.25) is 0 Å². The monoisotopic (exact) mass is 204 g/mol. The van der Waals surface area contributed by atoms with Crippen LogP contribution in [0.3, 0.4) is 0 Å². The zero-order valence-electron chi connectivity index (χ0n) is 8.47. The van der Waals surface area contributed by atoms with E-state index in [1.807, 2.05) is 6.07 Å². The smallest absolute Gasteiger partial charge is 0.255 e. The van der Waals surface area contributed by atoms with Gasteiger partial charge in [0.1, 0.15) is 0 Å². The van der Waals surface area contributed by atoms with Gasteiger partial charge in [-0.15, -0.1) is 0 Å². The Kier molecular flexibility index (Phi) is 3.83. The van der Waals surface area contributed by atoms with E-state index < -0.39 is 0 Å².